The molecule has 0 amide bonds. The van der Waals surface area contributed by atoms with Gasteiger partial charge in [0, 0.05) is 22.4 Å². The highest BCUT2D eigenvalue weighted by molar-refractivity contribution is 9.10. The second kappa shape index (κ2) is 6.12. The van der Waals surface area contributed by atoms with E-state index in [2.05, 4.69) is 32.8 Å². The standard InChI is InChI=1S/C11H17BrN2OS/c12-8-4-6-16-11(8)7-9(14-13)10-3-1-2-5-15-10/h4,6,9-10,14H,1-3,5,7,13H2. The Labute approximate surface area is 108 Å². The zero-order valence-corrected chi connectivity index (χ0v) is 11.5. The Kier molecular flexibility index (Phi) is 4.79. The van der Waals surface area contributed by atoms with Gasteiger partial charge in [0.1, 0.15) is 0 Å². The lowest BCUT2D eigenvalue weighted by molar-refractivity contribution is -0.00731. The third kappa shape index (κ3) is 3.05. The van der Waals surface area contributed by atoms with Crippen molar-refractivity contribution in [2.45, 2.75) is 37.8 Å². The lowest BCUT2D eigenvalue weighted by Gasteiger charge is -2.29. The van der Waals surface area contributed by atoms with Gasteiger partial charge in [0.2, 0.25) is 0 Å². The van der Waals surface area contributed by atoms with Crippen LogP contribution in [0.15, 0.2) is 15.9 Å². The predicted molar refractivity (Wildman–Crippen MR) is 70.4 cm³/mol. The molecule has 0 radical (unpaired) electrons. The van der Waals surface area contributed by atoms with Crippen LogP contribution >= 0.6 is 27.3 Å². The molecule has 1 aromatic rings. The fourth-order valence-corrected chi connectivity index (χ4v) is 3.63. The summed E-state index contributed by atoms with van der Waals surface area (Å²) in [6, 6.07) is 2.30. The number of rotatable bonds is 4. The molecule has 3 nitrogen and oxygen atoms in total. The van der Waals surface area contributed by atoms with Gasteiger partial charge in [-0.15, -0.1) is 11.3 Å². The van der Waals surface area contributed by atoms with Gasteiger partial charge in [-0.1, -0.05) is 0 Å². The Morgan fingerprint density at radius 2 is 2.50 bits per heavy atom. The molecule has 0 aliphatic carbocycles. The van der Waals surface area contributed by atoms with Gasteiger partial charge in [0.25, 0.3) is 0 Å². The van der Waals surface area contributed by atoms with Crippen molar-refractivity contribution in [1.82, 2.24) is 5.43 Å². The van der Waals surface area contributed by atoms with Gasteiger partial charge in [-0.05, 0) is 46.6 Å². The maximum Gasteiger partial charge on any atom is 0.0745 e. The minimum Gasteiger partial charge on any atom is -0.377 e. The molecule has 2 atom stereocenters. The van der Waals surface area contributed by atoms with Crippen LogP contribution in [0.4, 0.5) is 0 Å². The first kappa shape index (κ1) is 12.5. The number of thiophene rings is 1. The number of ether oxygens (including phenoxy) is 1. The molecule has 2 rings (SSSR count). The van der Waals surface area contributed by atoms with E-state index in [9.17, 15) is 0 Å². The van der Waals surface area contributed by atoms with Gasteiger partial charge in [0.05, 0.1) is 12.1 Å². The number of nitrogens with two attached hydrogens (primary N) is 1. The topological polar surface area (TPSA) is 47.3 Å². The summed E-state index contributed by atoms with van der Waals surface area (Å²) in [7, 11) is 0. The van der Waals surface area contributed by atoms with Crippen LogP contribution in [-0.4, -0.2) is 18.8 Å². The molecule has 2 heterocycles. The van der Waals surface area contributed by atoms with Gasteiger partial charge in [0.15, 0.2) is 0 Å². The van der Waals surface area contributed by atoms with Crippen LogP contribution in [-0.2, 0) is 11.2 Å². The Morgan fingerprint density at radius 3 is 3.06 bits per heavy atom. The first-order valence-corrected chi connectivity index (χ1v) is 7.28. The van der Waals surface area contributed by atoms with Gasteiger partial charge in [-0.25, -0.2) is 0 Å². The third-order valence-electron chi connectivity index (χ3n) is 2.97. The van der Waals surface area contributed by atoms with Gasteiger partial charge in [-0.3, -0.25) is 11.3 Å². The molecule has 0 spiro atoms. The van der Waals surface area contributed by atoms with E-state index in [0.29, 0.717) is 0 Å². The van der Waals surface area contributed by atoms with Gasteiger partial charge in [-0.2, -0.15) is 0 Å². The van der Waals surface area contributed by atoms with Crippen LogP contribution < -0.4 is 11.3 Å². The molecule has 2 unspecified atom stereocenters. The van der Waals surface area contributed by atoms with E-state index in [0.717, 1.165) is 19.4 Å². The summed E-state index contributed by atoms with van der Waals surface area (Å²) in [6.45, 7) is 0.870. The minimum absolute atomic E-state index is 0.218. The molecule has 0 aromatic carbocycles. The summed E-state index contributed by atoms with van der Waals surface area (Å²) < 4.78 is 6.94. The van der Waals surface area contributed by atoms with Crippen LogP contribution in [0.1, 0.15) is 24.1 Å². The molecule has 1 aliphatic rings. The van der Waals surface area contributed by atoms with Crippen molar-refractivity contribution < 1.29 is 4.74 Å². The van der Waals surface area contributed by atoms with Crippen molar-refractivity contribution in [1.29, 1.82) is 0 Å². The zero-order valence-electron chi connectivity index (χ0n) is 9.12. The van der Waals surface area contributed by atoms with E-state index in [1.54, 1.807) is 11.3 Å². The number of nitrogens with one attached hydrogen (secondary N) is 1. The van der Waals surface area contributed by atoms with Crippen molar-refractivity contribution in [2.24, 2.45) is 5.84 Å². The van der Waals surface area contributed by atoms with Crippen LogP contribution in [0.3, 0.4) is 0 Å². The van der Waals surface area contributed by atoms with Crippen molar-refractivity contribution >= 4 is 27.3 Å². The molecule has 0 bridgehead atoms. The minimum atomic E-state index is 0.218. The molecule has 1 aliphatic heterocycles. The van der Waals surface area contributed by atoms with Crippen LogP contribution in [0.5, 0.6) is 0 Å². The van der Waals surface area contributed by atoms with E-state index < -0.39 is 0 Å². The fraction of sp³-hybridized carbons (Fsp3) is 0.636. The van der Waals surface area contributed by atoms with Crippen LogP contribution in [0.25, 0.3) is 0 Å². The lowest BCUT2D eigenvalue weighted by Crippen LogP contribution is -2.47. The number of hydrogen-bond donors (Lipinski definition) is 2. The molecule has 1 aromatic heterocycles. The Balaban J connectivity index is 1.97. The average molecular weight is 305 g/mol. The quantitative estimate of drug-likeness (QED) is 0.663. The van der Waals surface area contributed by atoms with Crippen LogP contribution in [0.2, 0.25) is 0 Å². The molecule has 1 fully saturated rings. The first-order valence-electron chi connectivity index (χ1n) is 5.61. The normalized spacial score (nSPS) is 23.2. The lowest BCUT2D eigenvalue weighted by atomic mass is 9.99. The van der Waals surface area contributed by atoms with E-state index in [1.165, 1.54) is 22.2 Å². The second-order valence-corrected chi connectivity index (χ2v) is 5.93. The van der Waals surface area contributed by atoms with Crippen molar-refractivity contribution in [3.05, 3.63) is 20.8 Å². The van der Waals surface area contributed by atoms with Gasteiger partial charge >= 0.3 is 0 Å². The molecular formula is C11H17BrN2OS. The van der Waals surface area contributed by atoms with Crippen LogP contribution in [0, 0.1) is 0 Å². The highest BCUT2D eigenvalue weighted by Crippen LogP contribution is 2.26. The molecular weight excluding hydrogens is 288 g/mol. The second-order valence-electron chi connectivity index (χ2n) is 4.07. The van der Waals surface area contributed by atoms with Crippen molar-refractivity contribution in [3.63, 3.8) is 0 Å². The first-order chi connectivity index (χ1) is 7.81. The van der Waals surface area contributed by atoms with Crippen molar-refractivity contribution in [3.8, 4) is 0 Å². The predicted octanol–water partition coefficient (Wildman–Crippen LogP) is 2.45. The molecule has 0 saturated carbocycles. The highest BCUT2D eigenvalue weighted by Gasteiger charge is 2.24. The monoisotopic (exact) mass is 304 g/mol. The number of hydrogen-bond acceptors (Lipinski definition) is 4. The molecule has 16 heavy (non-hydrogen) atoms. The van der Waals surface area contributed by atoms with E-state index in [1.807, 2.05) is 0 Å². The summed E-state index contributed by atoms with van der Waals surface area (Å²) in [5.41, 5.74) is 2.90. The number of halogens is 1. The zero-order chi connectivity index (χ0) is 11.4. The Bertz CT molecular complexity index is 326. The van der Waals surface area contributed by atoms with E-state index in [4.69, 9.17) is 10.6 Å². The third-order valence-corrected chi connectivity index (χ3v) is 4.92. The van der Waals surface area contributed by atoms with Gasteiger partial charge < -0.3 is 4.74 Å². The SMILES string of the molecule is NNC(Cc1sccc1Br)C1CCCCO1. The molecule has 3 N–H and O–H groups in total. The summed E-state index contributed by atoms with van der Waals surface area (Å²) in [5, 5.41) is 2.09. The maximum atomic E-state index is 5.77. The average Bonchev–Trinajstić information content (AvgIpc) is 2.73. The van der Waals surface area contributed by atoms with E-state index in [-0.39, 0.29) is 12.1 Å². The van der Waals surface area contributed by atoms with E-state index >= 15 is 0 Å². The highest BCUT2D eigenvalue weighted by atomic mass is 79.9. The maximum absolute atomic E-state index is 5.77. The largest absolute Gasteiger partial charge is 0.377 e. The summed E-state index contributed by atoms with van der Waals surface area (Å²) >= 11 is 5.31. The molecule has 90 valence electrons. The Hall–Kier alpha value is 0.0600. The molecule has 5 heteroatoms. The summed E-state index contributed by atoms with van der Waals surface area (Å²) in [5.74, 6) is 5.63. The van der Waals surface area contributed by atoms with Crippen molar-refractivity contribution in [2.75, 3.05) is 6.61 Å². The smallest absolute Gasteiger partial charge is 0.0745 e. The Morgan fingerprint density at radius 1 is 1.62 bits per heavy atom. The number of hydrazine groups is 1. The fourth-order valence-electron chi connectivity index (χ4n) is 2.05. The summed E-state index contributed by atoms with van der Waals surface area (Å²) in [6.07, 6.45) is 4.72. The molecule has 1 saturated heterocycles. The summed E-state index contributed by atoms with van der Waals surface area (Å²) in [4.78, 5) is 1.33.